The Morgan fingerprint density at radius 3 is 2.83 bits per heavy atom. The zero-order chi connectivity index (χ0) is 8.55. The van der Waals surface area contributed by atoms with E-state index in [1.54, 1.807) is 24.3 Å². The molecule has 0 saturated heterocycles. The fourth-order valence-electron chi connectivity index (χ4n) is 1.09. The number of fused-ring (bicyclic) bond motifs is 1. The van der Waals surface area contributed by atoms with Crippen molar-refractivity contribution in [3.8, 4) is 0 Å². The summed E-state index contributed by atoms with van der Waals surface area (Å²) in [4.78, 5) is 3.96. The summed E-state index contributed by atoms with van der Waals surface area (Å²) in [7, 11) is 0. The quantitative estimate of drug-likeness (QED) is 0.570. The predicted octanol–water partition coefficient (Wildman–Crippen LogP) is 3.03. The van der Waals surface area contributed by atoms with Crippen molar-refractivity contribution < 1.29 is 4.39 Å². The maximum absolute atomic E-state index is 13.0. The van der Waals surface area contributed by atoms with Crippen LogP contribution < -0.4 is 0 Å². The Hall–Kier alpha value is -1.15. The Morgan fingerprint density at radius 1 is 1.17 bits per heavy atom. The average molecular weight is 182 g/mol. The molecule has 2 aromatic rings. The van der Waals surface area contributed by atoms with Crippen LogP contribution in [-0.2, 0) is 0 Å². The van der Waals surface area contributed by atoms with Gasteiger partial charge < -0.3 is 0 Å². The van der Waals surface area contributed by atoms with Crippen LogP contribution in [0.3, 0.4) is 0 Å². The molecule has 0 fully saturated rings. The van der Waals surface area contributed by atoms with Gasteiger partial charge >= 0.3 is 0 Å². The van der Waals surface area contributed by atoms with Crippen LogP contribution in [0.1, 0.15) is 0 Å². The summed E-state index contributed by atoms with van der Waals surface area (Å²) in [5, 5.41) is 0.884. The number of hydrogen-bond acceptors (Lipinski definition) is 1. The minimum atomic E-state index is -0.267. The third-order valence-corrected chi connectivity index (χ3v) is 1.86. The molecule has 1 heterocycles. The number of aromatic nitrogens is 1. The Morgan fingerprint density at radius 2 is 2.00 bits per heavy atom. The van der Waals surface area contributed by atoms with Gasteiger partial charge in [-0.25, -0.2) is 9.37 Å². The highest BCUT2D eigenvalue weighted by Crippen LogP contribution is 2.17. The Labute approximate surface area is 73.8 Å². The second-order valence-electron chi connectivity index (χ2n) is 2.44. The number of rotatable bonds is 0. The highest BCUT2D eigenvalue weighted by molar-refractivity contribution is 6.29. The van der Waals surface area contributed by atoms with Gasteiger partial charge in [-0.3, -0.25) is 0 Å². The average Bonchev–Trinajstić information content (AvgIpc) is 2.04. The molecule has 12 heavy (non-hydrogen) atoms. The van der Waals surface area contributed by atoms with Crippen molar-refractivity contribution in [3.63, 3.8) is 0 Å². The van der Waals surface area contributed by atoms with Crippen molar-refractivity contribution >= 4 is 22.5 Å². The van der Waals surface area contributed by atoms with Crippen LogP contribution in [0.5, 0.6) is 0 Å². The molecule has 0 spiro atoms. The SMILES string of the molecule is Fc1cccc2nc(Cl)ccc12. The van der Waals surface area contributed by atoms with E-state index in [0.717, 1.165) is 0 Å². The molecule has 0 aliphatic rings. The Balaban J connectivity index is 2.86. The van der Waals surface area contributed by atoms with Crippen LogP contribution in [0.4, 0.5) is 4.39 Å². The summed E-state index contributed by atoms with van der Waals surface area (Å²) in [5.41, 5.74) is 0.586. The number of nitrogens with zero attached hydrogens (tertiary/aromatic N) is 1. The molecule has 0 bridgehead atoms. The lowest BCUT2D eigenvalue weighted by molar-refractivity contribution is 0.639. The minimum Gasteiger partial charge on any atom is -0.236 e. The summed E-state index contributed by atoms with van der Waals surface area (Å²) in [6.45, 7) is 0. The molecule has 1 aromatic carbocycles. The topological polar surface area (TPSA) is 12.9 Å². The van der Waals surface area contributed by atoms with Gasteiger partial charge in [0.25, 0.3) is 0 Å². The summed E-state index contributed by atoms with van der Waals surface area (Å²) < 4.78 is 13.0. The molecule has 1 nitrogen and oxygen atoms in total. The fraction of sp³-hybridized carbons (Fsp3) is 0. The molecule has 0 unspecified atom stereocenters. The molecule has 0 saturated carbocycles. The van der Waals surface area contributed by atoms with Gasteiger partial charge in [-0.05, 0) is 24.3 Å². The molecule has 3 heteroatoms. The van der Waals surface area contributed by atoms with Crippen LogP contribution in [0.15, 0.2) is 30.3 Å². The predicted molar refractivity (Wildman–Crippen MR) is 46.7 cm³/mol. The second kappa shape index (κ2) is 2.72. The molecular weight excluding hydrogens is 177 g/mol. The van der Waals surface area contributed by atoms with Crippen LogP contribution in [0, 0.1) is 5.82 Å². The van der Waals surface area contributed by atoms with Crippen molar-refractivity contribution in [1.82, 2.24) is 4.98 Å². The smallest absolute Gasteiger partial charge is 0.132 e. The summed E-state index contributed by atoms with van der Waals surface area (Å²) in [6, 6.07) is 7.94. The first-order valence-electron chi connectivity index (χ1n) is 3.48. The number of benzene rings is 1. The van der Waals surface area contributed by atoms with Crippen molar-refractivity contribution in [2.75, 3.05) is 0 Å². The molecule has 0 amide bonds. The van der Waals surface area contributed by atoms with Gasteiger partial charge in [0.2, 0.25) is 0 Å². The zero-order valence-corrected chi connectivity index (χ0v) is 6.85. The number of halogens is 2. The van der Waals surface area contributed by atoms with Crippen LogP contribution in [0.25, 0.3) is 10.9 Å². The Bertz CT molecular complexity index is 428. The van der Waals surface area contributed by atoms with Crippen LogP contribution >= 0.6 is 11.6 Å². The molecule has 1 aromatic heterocycles. The first kappa shape index (κ1) is 7.50. The highest BCUT2D eigenvalue weighted by Gasteiger charge is 2.00. The number of hydrogen-bond donors (Lipinski definition) is 0. The van der Waals surface area contributed by atoms with E-state index in [9.17, 15) is 4.39 Å². The van der Waals surface area contributed by atoms with Crippen molar-refractivity contribution in [3.05, 3.63) is 41.3 Å². The monoisotopic (exact) mass is 181 g/mol. The molecule has 60 valence electrons. The summed E-state index contributed by atoms with van der Waals surface area (Å²) in [6.07, 6.45) is 0. The normalized spacial score (nSPS) is 10.5. The van der Waals surface area contributed by atoms with Crippen molar-refractivity contribution in [2.45, 2.75) is 0 Å². The van der Waals surface area contributed by atoms with E-state index in [-0.39, 0.29) is 5.82 Å². The van der Waals surface area contributed by atoms with Crippen molar-refractivity contribution in [2.24, 2.45) is 0 Å². The van der Waals surface area contributed by atoms with E-state index >= 15 is 0 Å². The fourth-order valence-corrected chi connectivity index (χ4v) is 1.25. The van der Waals surface area contributed by atoms with E-state index in [1.807, 2.05) is 0 Å². The molecule has 0 aliphatic heterocycles. The first-order chi connectivity index (χ1) is 5.77. The standard InChI is InChI=1S/C9H5ClFN/c10-9-5-4-6-7(11)2-1-3-8(6)12-9/h1-5H. The van der Waals surface area contributed by atoms with Gasteiger partial charge in [-0.2, -0.15) is 0 Å². The molecule has 2 rings (SSSR count). The largest absolute Gasteiger partial charge is 0.236 e. The maximum Gasteiger partial charge on any atom is 0.132 e. The van der Waals surface area contributed by atoms with E-state index in [0.29, 0.717) is 16.1 Å². The van der Waals surface area contributed by atoms with E-state index in [1.165, 1.54) is 6.07 Å². The molecule has 0 radical (unpaired) electrons. The van der Waals surface area contributed by atoms with Crippen LogP contribution in [0.2, 0.25) is 5.15 Å². The van der Waals surface area contributed by atoms with Crippen LogP contribution in [-0.4, -0.2) is 4.98 Å². The third-order valence-electron chi connectivity index (χ3n) is 1.64. The lowest BCUT2D eigenvalue weighted by Crippen LogP contribution is -1.82. The van der Waals surface area contributed by atoms with Gasteiger partial charge in [0.05, 0.1) is 5.52 Å². The first-order valence-corrected chi connectivity index (χ1v) is 3.86. The maximum atomic E-state index is 13.0. The highest BCUT2D eigenvalue weighted by atomic mass is 35.5. The molecule has 0 N–H and O–H groups in total. The lowest BCUT2D eigenvalue weighted by atomic mass is 10.2. The van der Waals surface area contributed by atoms with Gasteiger partial charge in [-0.1, -0.05) is 17.7 Å². The van der Waals surface area contributed by atoms with E-state index in [2.05, 4.69) is 4.98 Å². The van der Waals surface area contributed by atoms with Crippen molar-refractivity contribution in [1.29, 1.82) is 0 Å². The lowest BCUT2D eigenvalue weighted by Gasteiger charge is -1.97. The van der Waals surface area contributed by atoms with Gasteiger partial charge in [0.1, 0.15) is 11.0 Å². The molecular formula is C9H5ClFN. The summed E-state index contributed by atoms with van der Waals surface area (Å²) in [5.74, 6) is -0.267. The van der Waals surface area contributed by atoms with Gasteiger partial charge in [0.15, 0.2) is 0 Å². The zero-order valence-electron chi connectivity index (χ0n) is 6.09. The summed E-state index contributed by atoms with van der Waals surface area (Å²) >= 11 is 5.64. The number of pyridine rings is 1. The van der Waals surface area contributed by atoms with E-state index < -0.39 is 0 Å². The minimum absolute atomic E-state index is 0.267. The van der Waals surface area contributed by atoms with Gasteiger partial charge in [0, 0.05) is 5.39 Å². The second-order valence-corrected chi connectivity index (χ2v) is 2.83. The third kappa shape index (κ3) is 1.14. The molecule has 0 atom stereocenters. The van der Waals surface area contributed by atoms with E-state index in [4.69, 9.17) is 11.6 Å². The molecule has 0 aliphatic carbocycles. The Kier molecular flexibility index (Phi) is 1.70. The van der Waals surface area contributed by atoms with Gasteiger partial charge in [-0.15, -0.1) is 0 Å².